The topological polar surface area (TPSA) is 86.8 Å². The summed E-state index contributed by atoms with van der Waals surface area (Å²) in [6, 6.07) is 16.5. The number of likely N-dealkylation sites (N-methyl/N-ethyl adjacent to an activating group) is 1. The average molecular weight is 458 g/mol. The first-order chi connectivity index (χ1) is 15.3. The molecule has 0 radical (unpaired) electrons. The van der Waals surface area contributed by atoms with Crippen molar-refractivity contribution in [2.45, 2.75) is 43.5 Å². The number of benzene rings is 2. The van der Waals surface area contributed by atoms with E-state index in [1.165, 1.54) is 7.05 Å². The Morgan fingerprint density at radius 2 is 1.66 bits per heavy atom. The fraction of sp³-hybridized carbons (Fsp3) is 0.417. The van der Waals surface area contributed by atoms with Crippen molar-refractivity contribution in [1.29, 1.82) is 0 Å². The minimum absolute atomic E-state index is 0.0163. The Labute approximate surface area is 190 Å². The lowest BCUT2D eigenvalue weighted by Gasteiger charge is -2.33. The highest BCUT2D eigenvalue weighted by Crippen LogP contribution is 2.16. The van der Waals surface area contributed by atoms with Crippen molar-refractivity contribution in [3.05, 3.63) is 65.7 Å². The number of piperidine rings is 1. The highest BCUT2D eigenvalue weighted by molar-refractivity contribution is 7.89. The number of amides is 2. The molecule has 0 bridgehead atoms. The second-order valence-corrected chi connectivity index (χ2v) is 10.3. The fourth-order valence-corrected chi connectivity index (χ4v) is 4.86. The minimum atomic E-state index is -3.72. The minimum Gasteiger partial charge on any atom is -0.353 e. The van der Waals surface area contributed by atoms with E-state index in [0.29, 0.717) is 38.8 Å². The van der Waals surface area contributed by atoms with E-state index in [-0.39, 0.29) is 29.3 Å². The normalized spacial score (nSPS) is 15.0. The summed E-state index contributed by atoms with van der Waals surface area (Å²) < 4.78 is 26.5. The summed E-state index contributed by atoms with van der Waals surface area (Å²) in [6.07, 6.45) is 2.46. The lowest BCUT2D eigenvalue weighted by Crippen LogP contribution is -2.49. The molecule has 7 nitrogen and oxygen atoms in total. The Balaban J connectivity index is 1.43. The fourth-order valence-electron chi connectivity index (χ4n) is 3.74. The molecule has 8 heteroatoms. The monoisotopic (exact) mass is 457 g/mol. The van der Waals surface area contributed by atoms with Crippen LogP contribution in [0, 0.1) is 6.92 Å². The van der Waals surface area contributed by atoms with E-state index < -0.39 is 10.0 Å². The second-order valence-electron chi connectivity index (χ2n) is 8.28. The molecule has 1 fully saturated rings. The molecule has 0 aromatic heterocycles. The predicted molar refractivity (Wildman–Crippen MR) is 124 cm³/mol. The van der Waals surface area contributed by atoms with Gasteiger partial charge in [0.2, 0.25) is 21.8 Å². The maximum atomic E-state index is 12.7. The van der Waals surface area contributed by atoms with Gasteiger partial charge in [-0.25, -0.2) is 8.42 Å². The van der Waals surface area contributed by atoms with Gasteiger partial charge in [-0.2, -0.15) is 4.31 Å². The molecule has 1 aliphatic rings. The summed E-state index contributed by atoms with van der Waals surface area (Å²) >= 11 is 0. The number of hydrogen-bond donors (Lipinski definition) is 1. The van der Waals surface area contributed by atoms with Crippen LogP contribution in [0.3, 0.4) is 0 Å². The molecular weight excluding hydrogens is 426 g/mol. The van der Waals surface area contributed by atoms with Gasteiger partial charge in [-0.1, -0.05) is 48.0 Å². The second kappa shape index (κ2) is 10.7. The molecule has 0 saturated carbocycles. The molecule has 0 atom stereocenters. The van der Waals surface area contributed by atoms with Crippen molar-refractivity contribution < 1.29 is 18.0 Å². The molecule has 0 aliphatic carbocycles. The van der Waals surface area contributed by atoms with Crippen LogP contribution in [0.2, 0.25) is 0 Å². The molecule has 2 amide bonds. The lowest BCUT2D eigenvalue weighted by atomic mass is 10.0. The van der Waals surface area contributed by atoms with Gasteiger partial charge in [-0.15, -0.1) is 0 Å². The summed E-state index contributed by atoms with van der Waals surface area (Å²) in [6.45, 7) is 2.69. The number of nitrogens with zero attached hydrogens (tertiary/aromatic N) is 2. The summed E-state index contributed by atoms with van der Waals surface area (Å²) in [5, 5.41) is 3.06. The van der Waals surface area contributed by atoms with Crippen molar-refractivity contribution >= 4 is 21.8 Å². The first kappa shape index (κ1) is 23.9. The van der Waals surface area contributed by atoms with Crippen molar-refractivity contribution in [2.75, 3.05) is 26.7 Å². The zero-order valence-electron chi connectivity index (χ0n) is 18.7. The number of aryl methyl sites for hydroxylation is 2. The van der Waals surface area contributed by atoms with E-state index in [1.54, 1.807) is 29.2 Å². The number of sulfonamides is 1. The SMILES string of the molecule is Cc1ccc(S(=O)(=O)N(C)CC(=O)N2CCC(NC(=O)CCc3ccccc3)CC2)cc1. The third kappa shape index (κ3) is 6.40. The highest BCUT2D eigenvalue weighted by Gasteiger charge is 2.28. The van der Waals surface area contributed by atoms with Crippen LogP contribution in [0.25, 0.3) is 0 Å². The van der Waals surface area contributed by atoms with Crippen molar-refractivity contribution in [1.82, 2.24) is 14.5 Å². The van der Waals surface area contributed by atoms with E-state index >= 15 is 0 Å². The first-order valence-corrected chi connectivity index (χ1v) is 12.3. The molecular formula is C24H31N3O4S. The van der Waals surface area contributed by atoms with Crippen LogP contribution in [0.4, 0.5) is 0 Å². The third-order valence-corrected chi connectivity index (χ3v) is 7.60. The van der Waals surface area contributed by atoms with E-state index in [0.717, 1.165) is 15.4 Å². The summed E-state index contributed by atoms with van der Waals surface area (Å²) in [4.78, 5) is 26.8. The lowest BCUT2D eigenvalue weighted by molar-refractivity contribution is -0.132. The van der Waals surface area contributed by atoms with E-state index in [9.17, 15) is 18.0 Å². The van der Waals surface area contributed by atoms with Gasteiger partial charge in [-0.05, 0) is 43.9 Å². The first-order valence-electron chi connectivity index (χ1n) is 10.9. The molecule has 0 unspecified atom stereocenters. The van der Waals surface area contributed by atoms with Gasteiger partial charge in [0.15, 0.2) is 0 Å². The number of likely N-dealkylation sites (tertiary alicyclic amines) is 1. The quantitative estimate of drug-likeness (QED) is 0.659. The Morgan fingerprint density at radius 3 is 2.28 bits per heavy atom. The molecule has 1 aliphatic heterocycles. The zero-order valence-corrected chi connectivity index (χ0v) is 19.5. The van der Waals surface area contributed by atoms with Crippen LogP contribution in [0.5, 0.6) is 0 Å². The zero-order chi connectivity index (χ0) is 23.1. The molecule has 2 aromatic rings. The third-order valence-electron chi connectivity index (χ3n) is 5.78. The number of hydrogen-bond acceptors (Lipinski definition) is 4. The standard InChI is InChI=1S/C24H31N3O4S/c1-19-8-11-22(12-9-19)32(30,31)26(2)18-24(29)27-16-14-21(15-17-27)25-23(28)13-10-20-6-4-3-5-7-20/h3-9,11-12,21H,10,13-18H2,1-2H3,(H,25,28). The van der Waals surface area contributed by atoms with Gasteiger partial charge in [0, 0.05) is 32.6 Å². The van der Waals surface area contributed by atoms with Gasteiger partial charge in [0.05, 0.1) is 11.4 Å². The van der Waals surface area contributed by atoms with Crippen LogP contribution in [-0.4, -0.2) is 62.2 Å². The Hall–Kier alpha value is -2.71. The number of carbonyl (C=O) groups is 2. The number of carbonyl (C=O) groups excluding carboxylic acids is 2. The Kier molecular flexibility index (Phi) is 8.04. The van der Waals surface area contributed by atoms with Crippen molar-refractivity contribution in [3.63, 3.8) is 0 Å². The van der Waals surface area contributed by atoms with E-state index in [2.05, 4.69) is 5.32 Å². The van der Waals surface area contributed by atoms with Crippen LogP contribution < -0.4 is 5.32 Å². The number of rotatable bonds is 8. The van der Waals surface area contributed by atoms with E-state index in [4.69, 9.17) is 0 Å². The number of nitrogens with one attached hydrogen (secondary N) is 1. The molecule has 2 aromatic carbocycles. The van der Waals surface area contributed by atoms with Gasteiger partial charge >= 0.3 is 0 Å². The van der Waals surface area contributed by atoms with Crippen molar-refractivity contribution in [3.8, 4) is 0 Å². The van der Waals surface area contributed by atoms with Crippen LogP contribution in [-0.2, 0) is 26.0 Å². The van der Waals surface area contributed by atoms with Crippen molar-refractivity contribution in [2.24, 2.45) is 0 Å². The molecule has 1 saturated heterocycles. The summed E-state index contributed by atoms with van der Waals surface area (Å²) in [5.41, 5.74) is 2.10. The summed E-state index contributed by atoms with van der Waals surface area (Å²) in [5.74, 6) is -0.209. The Bertz CT molecular complexity index is 1010. The average Bonchev–Trinajstić information content (AvgIpc) is 2.79. The summed E-state index contributed by atoms with van der Waals surface area (Å²) in [7, 11) is -2.29. The maximum Gasteiger partial charge on any atom is 0.243 e. The van der Waals surface area contributed by atoms with Gasteiger partial charge < -0.3 is 10.2 Å². The maximum absolute atomic E-state index is 12.7. The molecule has 0 spiro atoms. The molecule has 1 N–H and O–H groups in total. The predicted octanol–water partition coefficient (Wildman–Crippen LogP) is 2.36. The largest absolute Gasteiger partial charge is 0.353 e. The van der Waals surface area contributed by atoms with Crippen LogP contribution in [0.1, 0.15) is 30.4 Å². The molecule has 172 valence electrons. The molecule has 32 heavy (non-hydrogen) atoms. The molecule has 3 rings (SSSR count). The van der Waals surface area contributed by atoms with Crippen LogP contribution >= 0.6 is 0 Å². The highest BCUT2D eigenvalue weighted by atomic mass is 32.2. The van der Waals surface area contributed by atoms with Crippen LogP contribution in [0.15, 0.2) is 59.5 Å². The van der Waals surface area contributed by atoms with Gasteiger partial charge in [0.1, 0.15) is 0 Å². The van der Waals surface area contributed by atoms with E-state index in [1.807, 2.05) is 37.3 Å². The van der Waals surface area contributed by atoms with Gasteiger partial charge in [0.25, 0.3) is 0 Å². The van der Waals surface area contributed by atoms with Gasteiger partial charge in [-0.3, -0.25) is 9.59 Å². The Morgan fingerprint density at radius 1 is 1.03 bits per heavy atom. The molecule has 1 heterocycles. The smallest absolute Gasteiger partial charge is 0.243 e.